The molecule has 4 heterocycles. The number of morpholine rings is 1. The summed E-state index contributed by atoms with van der Waals surface area (Å²) in [5, 5.41) is 18.1. The minimum Gasteiger partial charge on any atom is -0.508 e. The van der Waals surface area contributed by atoms with Gasteiger partial charge in [0.15, 0.2) is 5.84 Å². The number of aromatic hydroxyl groups is 1. The highest BCUT2D eigenvalue weighted by Gasteiger charge is 2.41. The molecule has 6 rings (SSSR count). The lowest BCUT2D eigenvalue weighted by atomic mass is 9.82. The van der Waals surface area contributed by atoms with E-state index in [4.69, 9.17) is 15.2 Å². The highest BCUT2D eigenvalue weighted by molar-refractivity contribution is 5.97. The molecule has 9 nitrogen and oxygen atoms in total. The van der Waals surface area contributed by atoms with Gasteiger partial charge in [-0.15, -0.1) is 0 Å². The first-order valence-electron chi connectivity index (χ1n) is 15.1. The number of benzene rings is 1. The van der Waals surface area contributed by atoms with Gasteiger partial charge in [-0.1, -0.05) is 30.0 Å². The Morgan fingerprint density at radius 2 is 1.93 bits per heavy atom. The maximum atomic E-state index is 10.3. The molecular weight excluding hydrogens is 504 g/mol. The number of piperidine rings is 2. The molecule has 5 N–H and O–H groups in total. The van der Waals surface area contributed by atoms with Crippen LogP contribution in [0.5, 0.6) is 5.75 Å². The van der Waals surface area contributed by atoms with E-state index >= 15 is 0 Å². The molecule has 2 unspecified atom stereocenters. The van der Waals surface area contributed by atoms with E-state index in [9.17, 15) is 5.11 Å². The molecule has 1 saturated carbocycles. The Hall–Kier alpha value is -2.77. The SMILES string of the molecule is CC(C#CC1CC(OC2CCNCC2)C1)N1CCOC2(CCN(C3=CC(c4ccccc4O)NN=C3N)CC2)C1. The first-order valence-corrected chi connectivity index (χ1v) is 15.1. The summed E-state index contributed by atoms with van der Waals surface area (Å²) in [7, 11) is 0. The second-order valence-corrected chi connectivity index (χ2v) is 12.0. The van der Waals surface area contributed by atoms with Gasteiger partial charge in [-0.3, -0.25) is 10.3 Å². The molecule has 1 aromatic carbocycles. The molecule has 0 radical (unpaired) electrons. The number of nitrogens with two attached hydrogens (primary N) is 1. The number of phenols is 1. The normalized spacial score (nSPS) is 29.8. The van der Waals surface area contributed by atoms with E-state index in [2.05, 4.69) is 50.5 Å². The summed E-state index contributed by atoms with van der Waals surface area (Å²) in [6, 6.07) is 7.34. The van der Waals surface area contributed by atoms with Gasteiger partial charge >= 0.3 is 0 Å². The molecule has 0 aromatic heterocycles. The van der Waals surface area contributed by atoms with Gasteiger partial charge in [0.2, 0.25) is 0 Å². The number of likely N-dealkylation sites (tertiary alicyclic amines) is 1. The Morgan fingerprint density at radius 3 is 2.70 bits per heavy atom. The number of amidine groups is 1. The Kier molecular flexibility index (Phi) is 8.22. The summed E-state index contributed by atoms with van der Waals surface area (Å²) in [6.07, 6.45) is 9.20. The van der Waals surface area contributed by atoms with Crippen molar-refractivity contribution in [3.8, 4) is 17.6 Å². The number of hydrazone groups is 1. The Labute approximate surface area is 238 Å². The summed E-state index contributed by atoms with van der Waals surface area (Å²) in [5.74, 6) is 8.33. The molecule has 9 heteroatoms. The molecule has 2 atom stereocenters. The predicted molar refractivity (Wildman–Crippen MR) is 155 cm³/mol. The van der Waals surface area contributed by atoms with Crippen LogP contribution in [0.4, 0.5) is 0 Å². The molecule has 5 aliphatic rings. The largest absolute Gasteiger partial charge is 0.508 e. The van der Waals surface area contributed by atoms with Crippen molar-refractivity contribution in [3.63, 3.8) is 0 Å². The molecule has 4 fully saturated rings. The van der Waals surface area contributed by atoms with Crippen molar-refractivity contribution in [2.45, 2.75) is 75.3 Å². The van der Waals surface area contributed by atoms with Gasteiger partial charge in [0.1, 0.15) is 5.75 Å². The van der Waals surface area contributed by atoms with E-state index in [0.29, 0.717) is 24.0 Å². The van der Waals surface area contributed by atoms with Gasteiger partial charge < -0.3 is 30.5 Å². The number of rotatable bonds is 5. The van der Waals surface area contributed by atoms with Gasteiger partial charge in [-0.05, 0) is 70.7 Å². The van der Waals surface area contributed by atoms with Crippen LogP contribution in [-0.4, -0.2) is 90.5 Å². The third kappa shape index (κ3) is 6.10. The van der Waals surface area contributed by atoms with Crippen molar-refractivity contribution >= 4 is 5.84 Å². The maximum absolute atomic E-state index is 10.3. The summed E-state index contributed by atoms with van der Waals surface area (Å²) in [6.45, 7) is 8.67. The molecule has 0 bridgehead atoms. The molecule has 1 aliphatic carbocycles. The second kappa shape index (κ2) is 12.0. The van der Waals surface area contributed by atoms with Crippen LogP contribution in [0.3, 0.4) is 0 Å². The lowest BCUT2D eigenvalue weighted by Crippen LogP contribution is -2.58. The highest BCUT2D eigenvalue weighted by atomic mass is 16.5. The number of ether oxygens (including phenoxy) is 2. The lowest BCUT2D eigenvalue weighted by Gasteiger charge is -2.49. The first-order chi connectivity index (χ1) is 19.5. The average molecular weight is 549 g/mol. The van der Waals surface area contributed by atoms with E-state index in [1.165, 1.54) is 0 Å². The van der Waals surface area contributed by atoms with Crippen molar-refractivity contribution in [1.29, 1.82) is 0 Å². The zero-order valence-corrected chi connectivity index (χ0v) is 23.6. The Balaban J connectivity index is 1.01. The lowest BCUT2D eigenvalue weighted by molar-refractivity contribution is -0.136. The Morgan fingerprint density at radius 1 is 1.15 bits per heavy atom. The van der Waals surface area contributed by atoms with Crippen LogP contribution in [0.15, 0.2) is 41.1 Å². The molecular formula is C31H44N6O3. The van der Waals surface area contributed by atoms with Gasteiger partial charge in [0.25, 0.3) is 0 Å². The highest BCUT2D eigenvalue weighted by Crippen LogP contribution is 2.35. The third-order valence-corrected chi connectivity index (χ3v) is 9.29. The van der Waals surface area contributed by atoms with Crippen LogP contribution < -0.4 is 16.5 Å². The minimum absolute atomic E-state index is 0.147. The second-order valence-electron chi connectivity index (χ2n) is 12.0. The number of hydrogen-bond acceptors (Lipinski definition) is 9. The fourth-order valence-corrected chi connectivity index (χ4v) is 6.64. The molecule has 4 aliphatic heterocycles. The zero-order valence-electron chi connectivity index (χ0n) is 23.6. The fraction of sp³-hybridized carbons (Fsp3) is 0.645. The molecule has 1 aromatic rings. The number of nitrogens with one attached hydrogen (secondary N) is 2. The first kappa shape index (κ1) is 27.4. The predicted octanol–water partition coefficient (Wildman–Crippen LogP) is 2.30. The molecule has 3 saturated heterocycles. The van der Waals surface area contributed by atoms with Gasteiger partial charge in [0, 0.05) is 37.7 Å². The summed E-state index contributed by atoms with van der Waals surface area (Å²) in [4.78, 5) is 4.81. The summed E-state index contributed by atoms with van der Waals surface area (Å²) < 4.78 is 12.7. The summed E-state index contributed by atoms with van der Waals surface area (Å²) in [5.41, 5.74) is 10.9. The molecule has 216 valence electrons. The van der Waals surface area contributed by atoms with E-state index in [-0.39, 0.29) is 23.4 Å². The van der Waals surface area contributed by atoms with Crippen molar-refractivity contribution in [3.05, 3.63) is 41.6 Å². The molecule has 0 amide bonds. The average Bonchev–Trinajstić information content (AvgIpc) is 2.96. The number of hydrogen-bond donors (Lipinski definition) is 4. The number of para-hydroxylation sites is 1. The minimum atomic E-state index is -0.220. The van der Waals surface area contributed by atoms with Crippen molar-refractivity contribution in [1.82, 2.24) is 20.5 Å². The van der Waals surface area contributed by atoms with E-state index in [1.54, 1.807) is 6.07 Å². The third-order valence-electron chi connectivity index (χ3n) is 9.29. The van der Waals surface area contributed by atoms with Crippen LogP contribution in [0.25, 0.3) is 0 Å². The van der Waals surface area contributed by atoms with Crippen LogP contribution in [-0.2, 0) is 9.47 Å². The molecule has 40 heavy (non-hydrogen) atoms. The van der Waals surface area contributed by atoms with Crippen LogP contribution >= 0.6 is 0 Å². The van der Waals surface area contributed by atoms with Crippen LogP contribution in [0.1, 0.15) is 57.1 Å². The number of nitrogens with zero attached hydrogens (tertiary/aromatic N) is 3. The van der Waals surface area contributed by atoms with Crippen molar-refractivity contribution in [2.24, 2.45) is 16.8 Å². The van der Waals surface area contributed by atoms with Crippen LogP contribution in [0.2, 0.25) is 0 Å². The number of phenolic OH excluding ortho intramolecular Hbond substituents is 1. The Bertz CT molecular complexity index is 1160. The molecule has 1 spiro atoms. The van der Waals surface area contributed by atoms with E-state index in [1.807, 2.05) is 18.2 Å². The van der Waals surface area contributed by atoms with Gasteiger partial charge in [-0.25, -0.2) is 0 Å². The summed E-state index contributed by atoms with van der Waals surface area (Å²) >= 11 is 0. The smallest absolute Gasteiger partial charge is 0.166 e. The standard InChI is InChI=1S/C31H44N6O3/c1-22(6-7-23-18-25(19-23)40-24-8-12-33-13-9-24)37-16-17-39-31(21-37)10-14-36(15-11-31)28-20-27(34-35-30(28)32)26-4-2-3-5-29(26)38/h2-5,20,22-25,27,33-34,38H,8-19,21H2,1H3,(H2,32,35). The monoisotopic (exact) mass is 548 g/mol. The zero-order chi connectivity index (χ0) is 27.5. The quantitative estimate of drug-likeness (QED) is 0.416. The van der Waals surface area contributed by atoms with E-state index < -0.39 is 0 Å². The van der Waals surface area contributed by atoms with Crippen molar-refractivity contribution in [2.75, 3.05) is 45.9 Å². The van der Waals surface area contributed by atoms with Gasteiger partial charge in [0.05, 0.1) is 42.2 Å². The van der Waals surface area contributed by atoms with Crippen molar-refractivity contribution < 1.29 is 14.6 Å². The van der Waals surface area contributed by atoms with Crippen LogP contribution in [0, 0.1) is 17.8 Å². The topological polar surface area (TPSA) is 108 Å². The van der Waals surface area contributed by atoms with E-state index in [0.717, 1.165) is 95.7 Å². The fourth-order valence-electron chi connectivity index (χ4n) is 6.64. The van der Waals surface area contributed by atoms with Gasteiger partial charge in [-0.2, -0.15) is 5.10 Å². The maximum Gasteiger partial charge on any atom is 0.166 e.